The van der Waals surface area contributed by atoms with Crippen molar-refractivity contribution in [1.29, 1.82) is 0 Å². The first kappa shape index (κ1) is 32.0. The molecule has 1 unspecified atom stereocenters. The molecule has 0 saturated carbocycles. The molecule has 1 fully saturated rings. The molecule has 2 heterocycles. The van der Waals surface area contributed by atoms with Gasteiger partial charge in [-0.1, -0.05) is 54.6 Å². The van der Waals surface area contributed by atoms with Crippen LogP contribution in [0.4, 0.5) is 0 Å². The van der Waals surface area contributed by atoms with Crippen LogP contribution in [0.2, 0.25) is 0 Å². The van der Waals surface area contributed by atoms with E-state index in [4.69, 9.17) is 9.47 Å². The van der Waals surface area contributed by atoms with Gasteiger partial charge in [0, 0.05) is 37.7 Å². The number of nitrogens with one attached hydrogen (secondary N) is 3. The Labute approximate surface area is 264 Å². The second kappa shape index (κ2) is 15.5. The summed E-state index contributed by atoms with van der Waals surface area (Å²) in [5, 5.41) is 11.6. The maximum absolute atomic E-state index is 13.1. The molecule has 45 heavy (non-hydrogen) atoms. The molecular formula is C35H42N4O6. The zero-order chi connectivity index (χ0) is 31.6. The number of piperidine rings is 1. The van der Waals surface area contributed by atoms with Crippen LogP contribution in [0.1, 0.15) is 43.4 Å². The first-order valence-electron chi connectivity index (χ1n) is 15.5. The lowest BCUT2D eigenvalue weighted by Crippen LogP contribution is -2.46. The molecule has 10 heteroatoms. The lowest BCUT2D eigenvalue weighted by atomic mass is 9.86. The molecule has 0 aliphatic carbocycles. The number of esters is 1. The number of carbonyl (C=O) groups excluding carboxylic acids is 3. The number of likely N-dealkylation sites (tertiary alicyclic amines) is 1. The third-order valence-electron chi connectivity index (χ3n) is 8.69. The average molecular weight is 615 g/mol. The minimum Gasteiger partial charge on any atom is -0.466 e. The van der Waals surface area contributed by atoms with E-state index in [1.165, 1.54) is 35.6 Å². The molecule has 2 aliphatic heterocycles. The Morgan fingerprint density at radius 1 is 0.978 bits per heavy atom. The molecule has 0 bridgehead atoms. The van der Waals surface area contributed by atoms with Crippen LogP contribution in [0.25, 0.3) is 10.8 Å². The number of ether oxygens (including phenoxy) is 3. The van der Waals surface area contributed by atoms with E-state index in [-0.39, 0.29) is 56.1 Å². The zero-order valence-electron chi connectivity index (χ0n) is 25.9. The van der Waals surface area contributed by atoms with Crippen molar-refractivity contribution >= 4 is 28.6 Å². The lowest BCUT2D eigenvalue weighted by molar-refractivity contribution is -0.134. The fraction of sp³-hybridized carbons (Fsp3) is 0.400. The van der Waals surface area contributed by atoms with E-state index in [1.807, 2.05) is 18.2 Å². The predicted octanol–water partition coefficient (Wildman–Crippen LogP) is 3.85. The summed E-state index contributed by atoms with van der Waals surface area (Å²) in [5.41, 5.74) is 2.38. The van der Waals surface area contributed by atoms with Gasteiger partial charge in [0.05, 0.1) is 13.7 Å². The van der Waals surface area contributed by atoms with E-state index < -0.39 is 5.97 Å². The van der Waals surface area contributed by atoms with Gasteiger partial charge in [-0.25, -0.2) is 4.79 Å². The maximum Gasteiger partial charge on any atom is 0.330 e. The molecule has 2 amide bonds. The molecule has 0 spiro atoms. The van der Waals surface area contributed by atoms with Gasteiger partial charge in [-0.3, -0.25) is 14.5 Å². The van der Waals surface area contributed by atoms with Gasteiger partial charge in [-0.15, -0.1) is 0 Å². The van der Waals surface area contributed by atoms with E-state index in [0.717, 1.165) is 43.0 Å². The second-order valence-electron chi connectivity index (χ2n) is 11.5. The van der Waals surface area contributed by atoms with Gasteiger partial charge in [-0.05, 0) is 72.8 Å². The fourth-order valence-electron chi connectivity index (χ4n) is 6.14. The molecule has 10 nitrogen and oxygen atoms in total. The van der Waals surface area contributed by atoms with E-state index in [0.29, 0.717) is 6.54 Å². The van der Waals surface area contributed by atoms with Crippen LogP contribution < -0.4 is 25.4 Å². The Hall–Kier alpha value is -4.41. The summed E-state index contributed by atoms with van der Waals surface area (Å²) >= 11 is 0. The summed E-state index contributed by atoms with van der Waals surface area (Å²) < 4.78 is 15.5. The molecule has 5 rings (SSSR count). The molecule has 2 atom stereocenters. The Morgan fingerprint density at radius 3 is 2.58 bits per heavy atom. The highest BCUT2D eigenvalue weighted by Gasteiger charge is 2.30. The van der Waals surface area contributed by atoms with E-state index in [1.54, 1.807) is 0 Å². The highest BCUT2D eigenvalue weighted by Crippen LogP contribution is 2.34. The molecule has 3 N–H and O–H groups in total. The van der Waals surface area contributed by atoms with Crippen molar-refractivity contribution in [2.24, 2.45) is 5.92 Å². The summed E-state index contributed by atoms with van der Waals surface area (Å²) in [5.74, 6) is 0.736. The SMILES string of the molecule is COC(=O)/C=C/CNC(=O)CNC(=O)C[C@H](NCc1ccc2c(c1)OCO2)C1CCN(C(C)c2cccc3ccccc23)CC1. The molecule has 238 valence electrons. The average Bonchev–Trinajstić information content (AvgIpc) is 3.55. The quantitative estimate of drug-likeness (QED) is 0.196. The van der Waals surface area contributed by atoms with E-state index in [2.05, 4.69) is 75.0 Å². The van der Waals surface area contributed by atoms with Crippen molar-refractivity contribution in [1.82, 2.24) is 20.9 Å². The largest absolute Gasteiger partial charge is 0.466 e. The van der Waals surface area contributed by atoms with Crippen LogP contribution in [0.15, 0.2) is 72.8 Å². The van der Waals surface area contributed by atoms with Gasteiger partial charge in [-0.2, -0.15) is 0 Å². The molecule has 2 aliphatic rings. The Kier molecular flexibility index (Phi) is 11.1. The van der Waals surface area contributed by atoms with Crippen LogP contribution >= 0.6 is 0 Å². The molecule has 3 aromatic carbocycles. The number of hydrogen-bond donors (Lipinski definition) is 3. The van der Waals surface area contributed by atoms with Gasteiger partial charge in [0.1, 0.15) is 0 Å². The van der Waals surface area contributed by atoms with Gasteiger partial charge >= 0.3 is 5.97 Å². The van der Waals surface area contributed by atoms with Gasteiger partial charge < -0.3 is 30.2 Å². The summed E-state index contributed by atoms with van der Waals surface area (Å²) in [6, 6.07) is 21.1. The van der Waals surface area contributed by atoms with Gasteiger partial charge in [0.15, 0.2) is 11.5 Å². The number of nitrogens with zero attached hydrogens (tertiary/aromatic N) is 1. The standard InChI is InChI=1S/C35H42N4O6/c1-24(28-10-5-8-26-7-3-4-9-29(26)28)39-17-14-27(15-18-39)30(37-21-25-12-13-31-32(19-25)45-23-44-31)20-33(40)38-22-34(41)36-16-6-11-35(42)43-2/h3-13,19,24,27,30,37H,14-18,20-23H2,1-2H3,(H,36,41)(H,38,40)/b11-6+/t24?,30-/m0/s1. The van der Waals surface area contributed by atoms with Crippen LogP contribution in [-0.2, 0) is 25.7 Å². The van der Waals surface area contributed by atoms with Crippen molar-refractivity contribution in [2.75, 3.05) is 40.1 Å². The Morgan fingerprint density at radius 2 is 1.76 bits per heavy atom. The smallest absolute Gasteiger partial charge is 0.330 e. The number of methoxy groups -OCH3 is 1. The molecule has 3 aromatic rings. The first-order chi connectivity index (χ1) is 21.9. The number of carbonyl (C=O) groups is 3. The first-order valence-corrected chi connectivity index (χ1v) is 15.5. The van der Waals surface area contributed by atoms with Gasteiger partial charge in [0.2, 0.25) is 18.6 Å². The Bertz CT molecular complexity index is 1510. The van der Waals surface area contributed by atoms with Crippen molar-refractivity contribution in [3.63, 3.8) is 0 Å². The zero-order valence-corrected chi connectivity index (χ0v) is 25.9. The number of hydrogen-bond acceptors (Lipinski definition) is 8. The van der Waals surface area contributed by atoms with Gasteiger partial charge in [0.25, 0.3) is 0 Å². The van der Waals surface area contributed by atoms with Crippen molar-refractivity contribution in [2.45, 2.75) is 44.8 Å². The summed E-state index contributed by atoms with van der Waals surface area (Å²) in [6.45, 7) is 4.97. The second-order valence-corrected chi connectivity index (χ2v) is 11.5. The maximum atomic E-state index is 13.1. The third kappa shape index (κ3) is 8.61. The lowest BCUT2D eigenvalue weighted by Gasteiger charge is -2.39. The molecule has 1 saturated heterocycles. The fourth-order valence-corrected chi connectivity index (χ4v) is 6.14. The highest BCUT2D eigenvalue weighted by atomic mass is 16.7. The van der Waals surface area contributed by atoms with Crippen LogP contribution in [0.5, 0.6) is 11.5 Å². The summed E-state index contributed by atoms with van der Waals surface area (Å²) in [4.78, 5) is 39.0. The summed E-state index contributed by atoms with van der Waals surface area (Å²) in [7, 11) is 1.29. The van der Waals surface area contributed by atoms with Crippen molar-refractivity contribution in [3.8, 4) is 11.5 Å². The normalized spacial score (nSPS) is 16.4. The minimum atomic E-state index is -0.495. The van der Waals surface area contributed by atoms with E-state index in [9.17, 15) is 14.4 Å². The number of amides is 2. The molecule has 0 aromatic heterocycles. The van der Waals surface area contributed by atoms with Crippen molar-refractivity contribution in [3.05, 3.63) is 83.9 Å². The van der Waals surface area contributed by atoms with Crippen LogP contribution in [-0.4, -0.2) is 68.8 Å². The van der Waals surface area contributed by atoms with E-state index >= 15 is 0 Å². The monoisotopic (exact) mass is 614 g/mol. The molecular weight excluding hydrogens is 572 g/mol. The topological polar surface area (TPSA) is 118 Å². The number of rotatable bonds is 13. The van der Waals surface area contributed by atoms with Crippen molar-refractivity contribution < 1.29 is 28.6 Å². The Balaban J connectivity index is 1.18. The third-order valence-corrected chi connectivity index (χ3v) is 8.69. The highest BCUT2D eigenvalue weighted by molar-refractivity contribution is 5.86. The summed E-state index contributed by atoms with van der Waals surface area (Å²) in [6.07, 6.45) is 4.89. The van der Waals surface area contributed by atoms with Crippen LogP contribution in [0.3, 0.4) is 0 Å². The predicted molar refractivity (Wildman–Crippen MR) is 172 cm³/mol. The number of fused-ring (bicyclic) bond motifs is 2. The van der Waals surface area contributed by atoms with Crippen LogP contribution in [0, 0.1) is 5.92 Å². The number of benzene rings is 3. The minimum absolute atomic E-state index is 0.0727. The molecule has 0 radical (unpaired) electrons.